The number of rotatable bonds is 2. The van der Waals surface area contributed by atoms with E-state index in [0.29, 0.717) is 5.41 Å². The van der Waals surface area contributed by atoms with Crippen molar-refractivity contribution in [3.63, 3.8) is 0 Å². The molecule has 2 fully saturated rings. The third-order valence-electron chi connectivity index (χ3n) is 4.12. The Kier molecular flexibility index (Phi) is 3.73. The van der Waals surface area contributed by atoms with Gasteiger partial charge in [0.25, 0.3) is 0 Å². The second-order valence-corrected chi connectivity index (χ2v) is 5.25. The molecular formula is C12H21ClO. The van der Waals surface area contributed by atoms with Gasteiger partial charge in [0.05, 0.1) is 6.61 Å². The summed E-state index contributed by atoms with van der Waals surface area (Å²) >= 11 is 6.17. The minimum atomic E-state index is 0.339. The SMILES string of the molecule is ClCC1(C2CCCCCC2)CCOC1. The van der Waals surface area contributed by atoms with Crippen LogP contribution in [-0.2, 0) is 4.74 Å². The van der Waals surface area contributed by atoms with Gasteiger partial charge in [-0.05, 0) is 25.2 Å². The Morgan fingerprint density at radius 1 is 1.14 bits per heavy atom. The van der Waals surface area contributed by atoms with E-state index in [0.717, 1.165) is 25.0 Å². The summed E-state index contributed by atoms with van der Waals surface area (Å²) in [5, 5.41) is 0. The average molecular weight is 217 g/mol. The molecule has 0 spiro atoms. The van der Waals surface area contributed by atoms with Gasteiger partial charge in [-0.2, -0.15) is 0 Å². The maximum Gasteiger partial charge on any atom is 0.0537 e. The largest absolute Gasteiger partial charge is 0.381 e. The lowest BCUT2D eigenvalue weighted by molar-refractivity contribution is 0.114. The van der Waals surface area contributed by atoms with E-state index in [1.807, 2.05) is 0 Å². The van der Waals surface area contributed by atoms with Gasteiger partial charge >= 0.3 is 0 Å². The molecule has 0 radical (unpaired) electrons. The number of hydrogen-bond donors (Lipinski definition) is 0. The quantitative estimate of drug-likeness (QED) is 0.506. The van der Waals surface area contributed by atoms with E-state index in [-0.39, 0.29) is 0 Å². The number of alkyl halides is 1. The molecule has 2 heteroatoms. The fourth-order valence-electron chi connectivity index (χ4n) is 3.05. The first-order chi connectivity index (χ1) is 6.87. The zero-order valence-electron chi connectivity index (χ0n) is 8.93. The van der Waals surface area contributed by atoms with Crippen molar-refractivity contribution in [2.45, 2.75) is 44.9 Å². The molecule has 1 nitrogen and oxygen atoms in total. The van der Waals surface area contributed by atoms with Crippen LogP contribution in [0.2, 0.25) is 0 Å². The van der Waals surface area contributed by atoms with Crippen LogP contribution >= 0.6 is 11.6 Å². The molecule has 1 aliphatic carbocycles. The molecule has 82 valence electrons. The lowest BCUT2D eigenvalue weighted by atomic mass is 9.72. The van der Waals surface area contributed by atoms with Crippen LogP contribution in [-0.4, -0.2) is 19.1 Å². The Balaban J connectivity index is 2.01. The topological polar surface area (TPSA) is 9.23 Å². The van der Waals surface area contributed by atoms with Crippen molar-refractivity contribution in [3.05, 3.63) is 0 Å². The summed E-state index contributed by atoms with van der Waals surface area (Å²) in [7, 11) is 0. The smallest absolute Gasteiger partial charge is 0.0537 e. The summed E-state index contributed by atoms with van der Waals surface area (Å²) in [5.41, 5.74) is 0.339. The highest BCUT2D eigenvalue weighted by atomic mass is 35.5. The van der Waals surface area contributed by atoms with Crippen molar-refractivity contribution in [1.82, 2.24) is 0 Å². The molecule has 0 bridgehead atoms. The van der Waals surface area contributed by atoms with Gasteiger partial charge in [0, 0.05) is 17.9 Å². The minimum Gasteiger partial charge on any atom is -0.381 e. The maximum atomic E-state index is 6.17. The van der Waals surface area contributed by atoms with Crippen molar-refractivity contribution in [3.8, 4) is 0 Å². The van der Waals surface area contributed by atoms with E-state index in [9.17, 15) is 0 Å². The third-order valence-corrected chi connectivity index (χ3v) is 4.65. The number of halogens is 1. The Hall–Kier alpha value is 0.250. The van der Waals surface area contributed by atoms with Gasteiger partial charge in [0.2, 0.25) is 0 Å². The van der Waals surface area contributed by atoms with Crippen molar-refractivity contribution < 1.29 is 4.74 Å². The lowest BCUT2D eigenvalue weighted by Gasteiger charge is -2.34. The zero-order valence-corrected chi connectivity index (χ0v) is 9.69. The van der Waals surface area contributed by atoms with Crippen LogP contribution in [0.1, 0.15) is 44.9 Å². The van der Waals surface area contributed by atoms with E-state index in [1.54, 1.807) is 0 Å². The van der Waals surface area contributed by atoms with E-state index >= 15 is 0 Å². The third kappa shape index (κ3) is 2.09. The lowest BCUT2D eigenvalue weighted by Crippen LogP contribution is -2.32. The molecule has 1 aliphatic heterocycles. The van der Waals surface area contributed by atoms with Crippen LogP contribution in [0.5, 0.6) is 0 Å². The molecular weight excluding hydrogens is 196 g/mol. The molecule has 0 N–H and O–H groups in total. The van der Waals surface area contributed by atoms with Crippen molar-refractivity contribution >= 4 is 11.6 Å². The van der Waals surface area contributed by atoms with Gasteiger partial charge in [0.15, 0.2) is 0 Å². The molecule has 0 aromatic carbocycles. The first-order valence-electron chi connectivity index (χ1n) is 6.01. The zero-order chi connectivity index (χ0) is 9.86. The predicted molar refractivity (Wildman–Crippen MR) is 59.8 cm³/mol. The predicted octanol–water partition coefficient (Wildman–Crippen LogP) is 3.60. The van der Waals surface area contributed by atoms with Crippen molar-refractivity contribution in [2.24, 2.45) is 11.3 Å². The maximum absolute atomic E-state index is 6.17. The van der Waals surface area contributed by atoms with Gasteiger partial charge in [0.1, 0.15) is 0 Å². The highest BCUT2D eigenvalue weighted by Crippen LogP contribution is 2.44. The Bertz CT molecular complexity index is 167. The Morgan fingerprint density at radius 2 is 1.86 bits per heavy atom. The average Bonchev–Trinajstić information content (AvgIpc) is 2.54. The van der Waals surface area contributed by atoms with Crippen LogP contribution < -0.4 is 0 Å². The van der Waals surface area contributed by atoms with Gasteiger partial charge in [-0.15, -0.1) is 11.6 Å². The van der Waals surface area contributed by atoms with Gasteiger partial charge in [-0.1, -0.05) is 25.7 Å². The molecule has 1 atom stereocenters. The summed E-state index contributed by atoms with van der Waals surface area (Å²) < 4.78 is 5.56. The fourth-order valence-corrected chi connectivity index (χ4v) is 3.48. The second kappa shape index (κ2) is 4.85. The summed E-state index contributed by atoms with van der Waals surface area (Å²) in [4.78, 5) is 0. The number of hydrogen-bond acceptors (Lipinski definition) is 1. The minimum absolute atomic E-state index is 0.339. The summed E-state index contributed by atoms with van der Waals surface area (Å²) in [6, 6.07) is 0. The van der Waals surface area contributed by atoms with E-state index < -0.39 is 0 Å². The standard InChI is InChI=1S/C12H21ClO/c13-9-12(7-8-14-10-12)11-5-3-1-2-4-6-11/h11H,1-10H2. The van der Waals surface area contributed by atoms with Crippen LogP contribution in [0, 0.1) is 11.3 Å². The van der Waals surface area contributed by atoms with Crippen LogP contribution in [0.3, 0.4) is 0 Å². The van der Waals surface area contributed by atoms with Crippen LogP contribution in [0.15, 0.2) is 0 Å². The molecule has 2 rings (SSSR count). The molecule has 14 heavy (non-hydrogen) atoms. The summed E-state index contributed by atoms with van der Waals surface area (Å²) in [6.45, 7) is 1.85. The number of ether oxygens (including phenoxy) is 1. The molecule has 1 heterocycles. The van der Waals surface area contributed by atoms with Crippen LogP contribution in [0.25, 0.3) is 0 Å². The molecule has 1 saturated carbocycles. The first kappa shape index (κ1) is 10.8. The van der Waals surface area contributed by atoms with Gasteiger partial charge in [-0.25, -0.2) is 0 Å². The first-order valence-corrected chi connectivity index (χ1v) is 6.54. The molecule has 1 unspecified atom stereocenters. The Labute approximate surface area is 92.2 Å². The second-order valence-electron chi connectivity index (χ2n) is 4.99. The molecule has 0 aromatic rings. The molecule has 0 aromatic heterocycles. The highest BCUT2D eigenvalue weighted by Gasteiger charge is 2.41. The summed E-state index contributed by atoms with van der Waals surface area (Å²) in [5.74, 6) is 1.64. The summed E-state index contributed by atoms with van der Waals surface area (Å²) in [6.07, 6.45) is 9.63. The fraction of sp³-hybridized carbons (Fsp3) is 1.00. The molecule has 2 aliphatic rings. The van der Waals surface area contributed by atoms with Crippen molar-refractivity contribution in [2.75, 3.05) is 19.1 Å². The van der Waals surface area contributed by atoms with Gasteiger partial charge < -0.3 is 4.74 Å². The van der Waals surface area contributed by atoms with Crippen molar-refractivity contribution in [1.29, 1.82) is 0 Å². The van der Waals surface area contributed by atoms with E-state index in [1.165, 1.54) is 44.9 Å². The monoisotopic (exact) mass is 216 g/mol. The van der Waals surface area contributed by atoms with Gasteiger partial charge in [-0.3, -0.25) is 0 Å². The molecule has 0 amide bonds. The van der Waals surface area contributed by atoms with E-state index in [2.05, 4.69) is 0 Å². The van der Waals surface area contributed by atoms with Crippen LogP contribution in [0.4, 0.5) is 0 Å². The highest BCUT2D eigenvalue weighted by molar-refractivity contribution is 6.18. The normalized spacial score (nSPS) is 35.8. The van der Waals surface area contributed by atoms with E-state index in [4.69, 9.17) is 16.3 Å². The molecule has 1 saturated heterocycles. The Morgan fingerprint density at radius 3 is 2.36 bits per heavy atom.